The van der Waals surface area contributed by atoms with Crippen LogP contribution in [0.25, 0.3) is 0 Å². The van der Waals surface area contributed by atoms with Gasteiger partial charge >= 0.3 is 0 Å². The van der Waals surface area contributed by atoms with E-state index in [0.717, 1.165) is 6.42 Å². The molecule has 0 aromatic heterocycles. The van der Waals surface area contributed by atoms with E-state index in [1.165, 1.54) is 0 Å². The highest BCUT2D eigenvalue weighted by atomic mass is 16.4. The summed E-state index contributed by atoms with van der Waals surface area (Å²) in [5.41, 5.74) is 0. The fraction of sp³-hybridized carbons (Fsp3) is 0.625. The van der Waals surface area contributed by atoms with Gasteiger partial charge in [0, 0.05) is 5.97 Å². The molecule has 1 unspecified atom stereocenters. The highest BCUT2D eigenvalue weighted by molar-refractivity contribution is 5.66. The number of carbonyl (C=O) groups excluding carboxylic acids is 1. The molecule has 0 amide bonds. The molecule has 0 rings (SSSR count). The van der Waals surface area contributed by atoms with Gasteiger partial charge in [0.2, 0.25) is 0 Å². The first-order valence-electron chi connectivity index (χ1n) is 3.50. The Labute approximate surface area is 61.6 Å². The Kier molecular flexibility index (Phi) is 4.63. The molecule has 0 radical (unpaired) electrons. The molecular formula is C8H13O2-. The minimum atomic E-state index is -0.954. The molecule has 0 aromatic carbocycles. The van der Waals surface area contributed by atoms with Gasteiger partial charge < -0.3 is 9.90 Å². The number of carboxylic acid groups (broad SMARTS) is 1. The van der Waals surface area contributed by atoms with Crippen LogP contribution in [0.3, 0.4) is 0 Å². The number of carboxylic acids is 1. The lowest BCUT2D eigenvalue weighted by atomic mass is 10.1. The van der Waals surface area contributed by atoms with E-state index in [9.17, 15) is 9.90 Å². The topological polar surface area (TPSA) is 40.1 Å². The van der Waals surface area contributed by atoms with Crippen molar-refractivity contribution in [3.05, 3.63) is 12.2 Å². The van der Waals surface area contributed by atoms with E-state index in [1.54, 1.807) is 6.92 Å². The maximum absolute atomic E-state index is 10.2. The van der Waals surface area contributed by atoms with Gasteiger partial charge in [0.05, 0.1) is 0 Å². The molecule has 0 bridgehead atoms. The molecule has 2 nitrogen and oxygen atoms in total. The summed E-state index contributed by atoms with van der Waals surface area (Å²) in [7, 11) is 0. The van der Waals surface area contributed by atoms with E-state index in [2.05, 4.69) is 0 Å². The van der Waals surface area contributed by atoms with E-state index in [1.807, 2.05) is 19.1 Å². The molecule has 0 aromatic rings. The van der Waals surface area contributed by atoms with E-state index in [4.69, 9.17) is 0 Å². The van der Waals surface area contributed by atoms with Crippen molar-refractivity contribution in [3.63, 3.8) is 0 Å². The van der Waals surface area contributed by atoms with Crippen molar-refractivity contribution in [1.82, 2.24) is 0 Å². The lowest BCUT2D eigenvalue weighted by molar-refractivity contribution is -0.311. The van der Waals surface area contributed by atoms with Gasteiger partial charge in [-0.15, -0.1) is 0 Å². The summed E-state index contributed by atoms with van der Waals surface area (Å²) in [6.07, 6.45) is 5.37. The van der Waals surface area contributed by atoms with Crippen LogP contribution in [0.15, 0.2) is 12.2 Å². The molecule has 0 heterocycles. The van der Waals surface area contributed by atoms with E-state index in [0.29, 0.717) is 6.42 Å². The molecule has 0 saturated carbocycles. The van der Waals surface area contributed by atoms with Crippen molar-refractivity contribution in [2.75, 3.05) is 0 Å². The molecule has 0 aliphatic heterocycles. The molecule has 10 heavy (non-hydrogen) atoms. The van der Waals surface area contributed by atoms with Crippen LogP contribution in [-0.2, 0) is 4.79 Å². The fourth-order valence-corrected chi connectivity index (χ4v) is 0.631. The number of carbonyl (C=O) groups is 1. The SMILES string of the molecule is C/C=C\CCC(C)C(=O)[O-]. The monoisotopic (exact) mass is 141 g/mol. The van der Waals surface area contributed by atoms with Gasteiger partial charge in [-0.05, 0) is 25.7 Å². The minimum Gasteiger partial charge on any atom is -0.550 e. The number of hydrogen-bond acceptors (Lipinski definition) is 2. The maximum Gasteiger partial charge on any atom is 0.0442 e. The highest BCUT2D eigenvalue weighted by Gasteiger charge is 1.99. The van der Waals surface area contributed by atoms with Gasteiger partial charge in [-0.2, -0.15) is 0 Å². The Bertz CT molecular complexity index is 127. The number of rotatable bonds is 4. The predicted octanol–water partition coefficient (Wildman–Crippen LogP) is 0.729. The van der Waals surface area contributed by atoms with Crippen LogP contribution in [0.4, 0.5) is 0 Å². The van der Waals surface area contributed by atoms with Crippen molar-refractivity contribution in [2.24, 2.45) is 5.92 Å². The van der Waals surface area contributed by atoms with Crippen molar-refractivity contribution in [1.29, 1.82) is 0 Å². The van der Waals surface area contributed by atoms with Gasteiger partial charge in [0.1, 0.15) is 0 Å². The first kappa shape index (κ1) is 9.21. The van der Waals surface area contributed by atoms with Gasteiger partial charge in [-0.3, -0.25) is 0 Å². The Balaban J connectivity index is 3.39. The van der Waals surface area contributed by atoms with E-state index >= 15 is 0 Å². The number of hydrogen-bond donors (Lipinski definition) is 0. The van der Waals surface area contributed by atoms with Crippen molar-refractivity contribution in [3.8, 4) is 0 Å². The third-order valence-electron chi connectivity index (χ3n) is 1.40. The zero-order chi connectivity index (χ0) is 7.98. The van der Waals surface area contributed by atoms with Crippen LogP contribution in [0.1, 0.15) is 26.7 Å². The van der Waals surface area contributed by atoms with E-state index in [-0.39, 0.29) is 5.92 Å². The second-order valence-electron chi connectivity index (χ2n) is 2.37. The van der Waals surface area contributed by atoms with Crippen LogP contribution in [0.2, 0.25) is 0 Å². The summed E-state index contributed by atoms with van der Waals surface area (Å²) >= 11 is 0. The Morgan fingerprint density at radius 1 is 1.70 bits per heavy atom. The first-order chi connectivity index (χ1) is 4.68. The zero-order valence-electron chi connectivity index (χ0n) is 6.46. The molecule has 0 aliphatic carbocycles. The standard InChI is InChI=1S/C8H14O2/c1-3-4-5-6-7(2)8(9)10/h3-4,7H,5-6H2,1-2H3,(H,9,10)/p-1/b4-3-. The number of aliphatic carboxylic acids is 1. The molecule has 0 fully saturated rings. The third-order valence-corrected chi connectivity index (χ3v) is 1.40. The quantitative estimate of drug-likeness (QED) is 0.541. The summed E-state index contributed by atoms with van der Waals surface area (Å²) in [5.74, 6) is -1.28. The van der Waals surface area contributed by atoms with Gasteiger partial charge in [0.15, 0.2) is 0 Å². The van der Waals surface area contributed by atoms with Gasteiger partial charge in [-0.1, -0.05) is 19.1 Å². The minimum absolute atomic E-state index is 0.323. The second kappa shape index (κ2) is 5.03. The molecule has 2 heteroatoms. The molecule has 58 valence electrons. The average molecular weight is 141 g/mol. The molecule has 1 atom stereocenters. The third kappa shape index (κ3) is 4.13. The first-order valence-corrected chi connectivity index (χ1v) is 3.50. The fourth-order valence-electron chi connectivity index (χ4n) is 0.631. The largest absolute Gasteiger partial charge is 0.550 e. The van der Waals surface area contributed by atoms with Crippen LogP contribution >= 0.6 is 0 Å². The van der Waals surface area contributed by atoms with Crippen LogP contribution in [-0.4, -0.2) is 5.97 Å². The van der Waals surface area contributed by atoms with Gasteiger partial charge in [-0.25, -0.2) is 0 Å². The lowest BCUT2D eigenvalue weighted by Gasteiger charge is -2.09. The summed E-state index contributed by atoms with van der Waals surface area (Å²) in [5, 5.41) is 10.2. The summed E-state index contributed by atoms with van der Waals surface area (Å²) in [6.45, 7) is 3.59. The Morgan fingerprint density at radius 2 is 2.30 bits per heavy atom. The Morgan fingerprint density at radius 3 is 2.70 bits per heavy atom. The summed E-state index contributed by atoms with van der Waals surface area (Å²) in [6, 6.07) is 0. The van der Waals surface area contributed by atoms with E-state index < -0.39 is 5.97 Å². The highest BCUT2D eigenvalue weighted by Crippen LogP contribution is 2.03. The lowest BCUT2D eigenvalue weighted by Crippen LogP contribution is -2.29. The molecule has 0 spiro atoms. The van der Waals surface area contributed by atoms with Crippen molar-refractivity contribution >= 4 is 5.97 Å². The van der Waals surface area contributed by atoms with Gasteiger partial charge in [0.25, 0.3) is 0 Å². The number of allylic oxidation sites excluding steroid dienone is 2. The molecule has 0 N–H and O–H groups in total. The average Bonchev–Trinajstić information content (AvgIpc) is 1.88. The maximum atomic E-state index is 10.2. The van der Waals surface area contributed by atoms with Crippen molar-refractivity contribution < 1.29 is 9.90 Å². The second-order valence-corrected chi connectivity index (χ2v) is 2.37. The Hall–Kier alpha value is -0.790. The van der Waals surface area contributed by atoms with Crippen LogP contribution < -0.4 is 5.11 Å². The molecule has 0 aliphatic rings. The normalized spacial score (nSPS) is 13.8. The smallest absolute Gasteiger partial charge is 0.0442 e. The van der Waals surface area contributed by atoms with Crippen LogP contribution in [0, 0.1) is 5.92 Å². The zero-order valence-corrected chi connectivity index (χ0v) is 6.46. The predicted molar refractivity (Wildman–Crippen MR) is 38.2 cm³/mol. The molecule has 0 saturated heterocycles. The summed E-state index contributed by atoms with van der Waals surface area (Å²) in [4.78, 5) is 10.2. The van der Waals surface area contributed by atoms with Crippen molar-refractivity contribution in [2.45, 2.75) is 26.7 Å². The molecular weight excluding hydrogens is 128 g/mol. The van der Waals surface area contributed by atoms with Crippen LogP contribution in [0.5, 0.6) is 0 Å². The summed E-state index contributed by atoms with van der Waals surface area (Å²) < 4.78 is 0.